The van der Waals surface area contributed by atoms with Gasteiger partial charge in [0, 0.05) is 11.1 Å². The van der Waals surface area contributed by atoms with Gasteiger partial charge >= 0.3 is 0 Å². The van der Waals surface area contributed by atoms with Crippen molar-refractivity contribution in [1.82, 2.24) is 0 Å². The molecule has 3 heteroatoms. The minimum Gasteiger partial charge on any atom is -0.324 e. The lowest BCUT2D eigenvalue weighted by Gasteiger charge is -2.24. The van der Waals surface area contributed by atoms with E-state index < -0.39 is 0 Å². The summed E-state index contributed by atoms with van der Waals surface area (Å²) in [5.41, 5.74) is 6.79. The van der Waals surface area contributed by atoms with Crippen LogP contribution in [0.2, 0.25) is 5.02 Å². The summed E-state index contributed by atoms with van der Waals surface area (Å²) in [6, 6.07) is 4.09. The lowest BCUT2D eigenvalue weighted by atomic mass is 9.86. The van der Waals surface area contributed by atoms with Gasteiger partial charge in [-0.1, -0.05) is 32.4 Å². The van der Waals surface area contributed by atoms with Crippen LogP contribution < -0.4 is 5.73 Å². The van der Waals surface area contributed by atoms with Gasteiger partial charge in [-0.3, -0.25) is 0 Å². The molecule has 1 aromatic carbocycles. The average molecular weight is 230 g/mol. The zero-order valence-corrected chi connectivity index (χ0v) is 10.1. The Balaban J connectivity index is 2.90. The van der Waals surface area contributed by atoms with E-state index in [1.807, 2.05) is 0 Å². The molecule has 2 N–H and O–H groups in total. The first-order chi connectivity index (χ1) is 6.79. The summed E-state index contributed by atoms with van der Waals surface area (Å²) in [4.78, 5) is 0. The highest BCUT2D eigenvalue weighted by molar-refractivity contribution is 6.31. The van der Waals surface area contributed by atoms with Crippen molar-refractivity contribution < 1.29 is 4.39 Å². The number of benzene rings is 1. The van der Waals surface area contributed by atoms with E-state index in [0.717, 1.165) is 6.42 Å². The Morgan fingerprint density at radius 3 is 2.53 bits per heavy atom. The van der Waals surface area contributed by atoms with E-state index in [0.29, 0.717) is 10.6 Å². The van der Waals surface area contributed by atoms with Crippen LogP contribution in [0.25, 0.3) is 0 Å². The van der Waals surface area contributed by atoms with Gasteiger partial charge < -0.3 is 5.73 Å². The van der Waals surface area contributed by atoms with Gasteiger partial charge in [-0.15, -0.1) is 0 Å². The molecule has 0 spiro atoms. The zero-order chi connectivity index (χ0) is 11.6. The Kier molecular flexibility index (Phi) is 3.74. The number of rotatable bonds is 2. The molecule has 0 aromatic heterocycles. The third-order valence-corrected chi connectivity index (χ3v) is 2.53. The largest absolute Gasteiger partial charge is 0.324 e. The van der Waals surface area contributed by atoms with Crippen molar-refractivity contribution in [1.29, 1.82) is 0 Å². The molecule has 84 valence electrons. The van der Waals surface area contributed by atoms with Gasteiger partial charge in [0.25, 0.3) is 0 Å². The summed E-state index contributed by atoms with van der Waals surface area (Å²) >= 11 is 5.97. The molecule has 1 atom stereocenters. The Hall–Kier alpha value is -0.600. The van der Waals surface area contributed by atoms with Crippen LogP contribution >= 0.6 is 11.6 Å². The van der Waals surface area contributed by atoms with Gasteiger partial charge in [-0.25, -0.2) is 4.39 Å². The predicted molar refractivity (Wildman–Crippen MR) is 62.4 cm³/mol. The van der Waals surface area contributed by atoms with Gasteiger partial charge in [0.15, 0.2) is 0 Å². The number of hydrogen-bond donors (Lipinski definition) is 1. The molecule has 0 saturated carbocycles. The second kappa shape index (κ2) is 4.50. The lowest BCUT2D eigenvalue weighted by Crippen LogP contribution is -2.19. The fourth-order valence-electron chi connectivity index (χ4n) is 1.57. The number of hydrogen-bond acceptors (Lipinski definition) is 1. The summed E-state index contributed by atoms with van der Waals surface area (Å²) in [6.07, 6.45) is 0.774. The zero-order valence-electron chi connectivity index (χ0n) is 9.35. The van der Waals surface area contributed by atoms with Crippen molar-refractivity contribution >= 4 is 11.6 Å². The first-order valence-electron chi connectivity index (χ1n) is 5.00. The van der Waals surface area contributed by atoms with Crippen LogP contribution in [-0.4, -0.2) is 0 Å². The average Bonchev–Trinajstić information content (AvgIpc) is 2.06. The van der Waals surface area contributed by atoms with E-state index in [4.69, 9.17) is 17.3 Å². The molecular formula is C12H17ClFN. The molecule has 0 bridgehead atoms. The van der Waals surface area contributed by atoms with Gasteiger partial charge in [0.1, 0.15) is 5.82 Å². The molecule has 0 saturated heterocycles. The third kappa shape index (κ3) is 3.80. The molecule has 0 heterocycles. The summed E-state index contributed by atoms with van der Waals surface area (Å²) in [5.74, 6) is -0.293. The molecule has 1 unspecified atom stereocenters. The van der Waals surface area contributed by atoms with Gasteiger partial charge in [0.2, 0.25) is 0 Å². The van der Waals surface area contributed by atoms with E-state index in [-0.39, 0.29) is 17.3 Å². The SMILES string of the molecule is CC(C)(C)CC(N)c1cc(F)ccc1Cl. The fraction of sp³-hybridized carbons (Fsp3) is 0.500. The lowest BCUT2D eigenvalue weighted by molar-refractivity contribution is 0.342. The van der Waals surface area contributed by atoms with E-state index in [1.54, 1.807) is 6.07 Å². The molecular weight excluding hydrogens is 213 g/mol. The maximum atomic E-state index is 13.0. The highest BCUT2D eigenvalue weighted by Crippen LogP contribution is 2.31. The molecule has 0 fully saturated rings. The maximum absolute atomic E-state index is 13.0. The molecule has 1 aromatic rings. The van der Waals surface area contributed by atoms with Crippen LogP contribution in [0.15, 0.2) is 18.2 Å². The van der Waals surface area contributed by atoms with Crippen molar-refractivity contribution in [2.24, 2.45) is 11.1 Å². The molecule has 1 rings (SSSR count). The van der Waals surface area contributed by atoms with Crippen LogP contribution in [0.1, 0.15) is 38.8 Å². The highest BCUT2D eigenvalue weighted by Gasteiger charge is 2.19. The van der Waals surface area contributed by atoms with Gasteiger partial charge in [0.05, 0.1) is 0 Å². The minimum atomic E-state index is -0.293. The molecule has 0 aliphatic carbocycles. The predicted octanol–water partition coefficient (Wildman–Crippen LogP) is 3.92. The van der Waals surface area contributed by atoms with Crippen molar-refractivity contribution in [3.8, 4) is 0 Å². The summed E-state index contributed by atoms with van der Waals surface area (Å²) in [7, 11) is 0. The quantitative estimate of drug-likeness (QED) is 0.818. The van der Waals surface area contributed by atoms with Gasteiger partial charge in [-0.05, 0) is 35.6 Å². The van der Waals surface area contributed by atoms with E-state index >= 15 is 0 Å². The Bertz CT molecular complexity index is 344. The van der Waals surface area contributed by atoms with Crippen LogP contribution in [0.4, 0.5) is 4.39 Å². The van der Waals surface area contributed by atoms with Crippen molar-refractivity contribution in [3.63, 3.8) is 0 Å². The summed E-state index contributed by atoms with van der Waals surface area (Å²) < 4.78 is 13.0. The summed E-state index contributed by atoms with van der Waals surface area (Å²) in [6.45, 7) is 6.29. The first-order valence-corrected chi connectivity index (χ1v) is 5.38. The molecule has 15 heavy (non-hydrogen) atoms. The normalized spacial score (nSPS) is 14.0. The second-order valence-electron chi connectivity index (χ2n) is 5.04. The number of halogens is 2. The second-order valence-corrected chi connectivity index (χ2v) is 5.44. The van der Waals surface area contributed by atoms with E-state index in [1.165, 1.54) is 12.1 Å². The van der Waals surface area contributed by atoms with E-state index in [9.17, 15) is 4.39 Å². The fourth-order valence-corrected chi connectivity index (χ4v) is 1.83. The van der Waals surface area contributed by atoms with Crippen LogP contribution in [0.5, 0.6) is 0 Å². The van der Waals surface area contributed by atoms with Crippen LogP contribution in [-0.2, 0) is 0 Å². The van der Waals surface area contributed by atoms with Crippen LogP contribution in [0.3, 0.4) is 0 Å². The highest BCUT2D eigenvalue weighted by atomic mass is 35.5. The summed E-state index contributed by atoms with van der Waals surface area (Å²) in [5, 5.41) is 0.535. The first kappa shape index (κ1) is 12.5. The monoisotopic (exact) mass is 229 g/mol. The molecule has 1 nitrogen and oxygen atoms in total. The van der Waals surface area contributed by atoms with Crippen LogP contribution in [0, 0.1) is 11.2 Å². The smallest absolute Gasteiger partial charge is 0.123 e. The molecule has 0 amide bonds. The number of nitrogens with two attached hydrogens (primary N) is 1. The van der Waals surface area contributed by atoms with E-state index in [2.05, 4.69) is 20.8 Å². The minimum absolute atomic E-state index is 0.106. The molecule has 0 aliphatic heterocycles. The molecule has 0 aliphatic rings. The standard InChI is InChI=1S/C12H17ClFN/c1-12(2,3)7-11(15)9-6-8(14)4-5-10(9)13/h4-6,11H,7,15H2,1-3H3. The third-order valence-electron chi connectivity index (χ3n) is 2.19. The Labute approximate surface area is 95.4 Å². The van der Waals surface area contributed by atoms with Crippen molar-refractivity contribution in [3.05, 3.63) is 34.6 Å². The van der Waals surface area contributed by atoms with Crippen molar-refractivity contribution in [2.75, 3.05) is 0 Å². The Morgan fingerprint density at radius 2 is 2.00 bits per heavy atom. The van der Waals surface area contributed by atoms with Crippen molar-refractivity contribution in [2.45, 2.75) is 33.2 Å². The maximum Gasteiger partial charge on any atom is 0.123 e. The topological polar surface area (TPSA) is 26.0 Å². The van der Waals surface area contributed by atoms with Gasteiger partial charge in [-0.2, -0.15) is 0 Å². The molecule has 0 radical (unpaired) electrons. The Morgan fingerprint density at radius 1 is 1.40 bits per heavy atom.